The zero-order valence-corrected chi connectivity index (χ0v) is 20.6. The lowest BCUT2D eigenvalue weighted by Gasteiger charge is -2.13. The van der Waals surface area contributed by atoms with Crippen LogP contribution in [0.5, 0.6) is 0 Å². The van der Waals surface area contributed by atoms with E-state index in [9.17, 15) is 10.5 Å². The second-order valence-corrected chi connectivity index (χ2v) is 9.65. The summed E-state index contributed by atoms with van der Waals surface area (Å²) >= 11 is 0. The third-order valence-corrected chi connectivity index (χ3v) is 7.65. The minimum absolute atomic E-state index is 0.0557. The van der Waals surface area contributed by atoms with Crippen molar-refractivity contribution in [3.05, 3.63) is 115 Å². The number of hydrogen-bond acceptors (Lipinski definition) is 4. The van der Waals surface area contributed by atoms with Gasteiger partial charge in [0.05, 0.1) is 22.4 Å². The first-order valence-corrected chi connectivity index (χ1v) is 12.6. The van der Waals surface area contributed by atoms with Crippen LogP contribution in [-0.2, 0) is 0 Å². The predicted molar refractivity (Wildman–Crippen MR) is 153 cm³/mol. The highest BCUT2D eigenvalue weighted by atomic mass is 15.0. The van der Waals surface area contributed by atoms with Crippen LogP contribution in [0.25, 0.3) is 71.9 Å². The molecular formula is C34H17N5. The van der Waals surface area contributed by atoms with Gasteiger partial charge < -0.3 is 4.57 Å². The molecule has 1 aliphatic carbocycles. The summed E-state index contributed by atoms with van der Waals surface area (Å²) in [6, 6.07) is 40.0. The minimum Gasteiger partial charge on any atom is -0.309 e. The maximum atomic E-state index is 9.52. The van der Waals surface area contributed by atoms with Crippen molar-refractivity contribution < 1.29 is 0 Å². The van der Waals surface area contributed by atoms with E-state index in [1.165, 1.54) is 21.8 Å². The predicted octanol–water partition coefficient (Wildman–Crippen LogP) is 7.78. The lowest BCUT2D eigenvalue weighted by atomic mass is 9.94. The maximum absolute atomic E-state index is 9.52. The Morgan fingerprint density at radius 1 is 0.538 bits per heavy atom. The number of rotatable bonds is 2. The van der Waals surface area contributed by atoms with Crippen molar-refractivity contribution in [2.75, 3.05) is 0 Å². The molecule has 5 aromatic carbocycles. The van der Waals surface area contributed by atoms with Gasteiger partial charge in [-0.25, -0.2) is 9.97 Å². The molecule has 0 fully saturated rings. The molecule has 7 aromatic rings. The third-order valence-electron chi connectivity index (χ3n) is 7.65. The highest BCUT2D eigenvalue weighted by Crippen LogP contribution is 2.48. The maximum Gasteiger partial charge on any atom is 0.177 e. The summed E-state index contributed by atoms with van der Waals surface area (Å²) in [6.07, 6.45) is 0. The fourth-order valence-electron chi connectivity index (χ4n) is 6.03. The van der Waals surface area contributed by atoms with E-state index in [0.717, 1.165) is 38.7 Å². The van der Waals surface area contributed by atoms with E-state index >= 15 is 0 Å². The Morgan fingerprint density at radius 2 is 1.10 bits per heavy atom. The van der Waals surface area contributed by atoms with Crippen molar-refractivity contribution in [1.82, 2.24) is 14.5 Å². The standard InChI is InChI=1S/C34H17N5/c35-18-28-29(19-36)38-34-27-16-15-22(25-11-6-12-26(32(25)27)33(34)37-28)20-7-5-8-21(17-20)39-30-13-3-1-9-23(30)24-10-2-4-14-31(24)39/h1-17H. The van der Waals surface area contributed by atoms with Gasteiger partial charge in [0.25, 0.3) is 0 Å². The minimum atomic E-state index is 0.0557. The summed E-state index contributed by atoms with van der Waals surface area (Å²) < 4.78 is 2.32. The molecule has 5 heteroatoms. The van der Waals surface area contributed by atoms with Crippen LogP contribution < -0.4 is 0 Å². The molecule has 0 bridgehead atoms. The van der Waals surface area contributed by atoms with Crippen molar-refractivity contribution in [3.63, 3.8) is 0 Å². The van der Waals surface area contributed by atoms with Gasteiger partial charge in [0.15, 0.2) is 11.4 Å². The summed E-state index contributed by atoms with van der Waals surface area (Å²) in [7, 11) is 0. The van der Waals surface area contributed by atoms with Crippen LogP contribution >= 0.6 is 0 Å². The molecule has 178 valence electrons. The zero-order chi connectivity index (χ0) is 26.1. The van der Waals surface area contributed by atoms with Crippen LogP contribution in [-0.4, -0.2) is 14.5 Å². The van der Waals surface area contributed by atoms with Crippen molar-refractivity contribution in [2.45, 2.75) is 0 Å². The van der Waals surface area contributed by atoms with Crippen molar-refractivity contribution >= 4 is 32.6 Å². The summed E-state index contributed by atoms with van der Waals surface area (Å²) in [4.78, 5) is 9.08. The van der Waals surface area contributed by atoms with Gasteiger partial charge in [-0.05, 0) is 40.8 Å². The quantitative estimate of drug-likeness (QED) is 0.245. The Bertz CT molecular complexity index is 2160. The van der Waals surface area contributed by atoms with Gasteiger partial charge in [0.2, 0.25) is 0 Å². The van der Waals surface area contributed by atoms with Gasteiger partial charge in [-0.3, -0.25) is 0 Å². The van der Waals surface area contributed by atoms with Crippen LogP contribution in [0.4, 0.5) is 0 Å². The lowest BCUT2D eigenvalue weighted by Crippen LogP contribution is -1.97. The molecule has 0 unspecified atom stereocenters. The first-order valence-electron chi connectivity index (χ1n) is 12.6. The van der Waals surface area contributed by atoms with E-state index in [4.69, 9.17) is 0 Å². The molecule has 0 saturated carbocycles. The first-order chi connectivity index (χ1) is 19.3. The van der Waals surface area contributed by atoms with E-state index in [2.05, 4.69) is 106 Å². The molecule has 2 heterocycles. The number of hydrogen-bond donors (Lipinski definition) is 0. The van der Waals surface area contributed by atoms with E-state index < -0.39 is 0 Å². The van der Waals surface area contributed by atoms with Crippen LogP contribution in [0.1, 0.15) is 11.4 Å². The topological polar surface area (TPSA) is 78.3 Å². The molecule has 0 aliphatic heterocycles. The molecule has 2 aromatic heterocycles. The summed E-state index contributed by atoms with van der Waals surface area (Å²) in [5, 5.41) is 23.6. The number of aromatic nitrogens is 3. The number of fused-ring (bicyclic) bond motifs is 6. The van der Waals surface area contributed by atoms with E-state index in [0.29, 0.717) is 11.4 Å². The van der Waals surface area contributed by atoms with Crippen LogP contribution in [0.2, 0.25) is 0 Å². The van der Waals surface area contributed by atoms with Crippen LogP contribution in [0.15, 0.2) is 103 Å². The van der Waals surface area contributed by atoms with Gasteiger partial charge in [0, 0.05) is 33.0 Å². The molecule has 0 radical (unpaired) electrons. The summed E-state index contributed by atoms with van der Waals surface area (Å²) in [6.45, 7) is 0. The molecule has 8 rings (SSSR count). The van der Waals surface area contributed by atoms with Crippen molar-refractivity contribution in [2.24, 2.45) is 0 Å². The average Bonchev–Trinajstić information content (AvgIpc) is 3.50. The van der Waals surface area contributed by atoms with Gasteiger partial charge in [-0.15, -0.1) is 0 Å². The highest BCUT2D eigenvalue weighted by molar-refractivity contribution is 6.17. The molecule has 5 nitrogen and oxygen atoms in total. The molecule has 0 saturated heterocycles. The fraction of sp³-hybridized carbons (Fsp3) is 0. The van der Waals surface area contributed by atoms with Gasteiger partial charge >= 0.3 is 0 Å². The Morgan fingerprint density at radius 3 is 1.77 bits per heavy atom. The largest absolute Gasteiger partial charge is 0.309 e. The van der Waals surface area contributed by atoms with Gasteiger partial charge in [0.1, 0.15) is 12.1 Å². The van der Waals surface area contributed by atoms with Crippen molar-refractivity contribution in [3.8, 4) is 51.5 Å². The second-order valence-electron chi connectivity index (χ2n) is 9.65. The molecule has 0 spiro atoms. The molecule has 0 amide bonds. The van der Waals surface area contributed by atoms with Gasteiger partial charge in [-0.1, -0.05) is 78.9 Å². The normalized spacial score (nSPS) is 11.5. The van der Waals surface area contributed by atoms with Gasteiger partial charge in [-0.2, -0.15) is 10.5 Å². The highest BCUT2D eigenvalue weighted by Gasteiger charge is 2.27. The molecule has 39 heavy (non-hydrogen) atoms. The number of nitriles is 2. The van der Waals surface area contributed by atoms with Crippen LogP contribution in [0.3, 0.4) is 0 Å². The van der Waals surface area contributed by atoms with E-state index in [1.807, 2.05) is 24.3 Å². The first kappa shape index (κ1) is 21.3. The molecule has 1 aliphatic rings. The number of benzene rings is 5. The van der Waals surface area contributed by atoms with E-state index in [1.54, 1.807) is 0 Å². The monoisotopic (exact) mass is 495 g/mol. The third kappa shape index (κ3) is 2.87. The Kier molecular flexibility index (Phi) is 4.30. The molecular weight excluding hydrogens is 478 g/mol. The molecule has 0 N–H and O–H groups in total. The second kappa shape index (κ2) is 7.86. The zero-order valence-electron chi connectivity index (χ0n) is 20.6. The lowest BCUT2D eigenvalue weighted by molar-refractivity contribution is 1.15. The van der Waals surface area contributed by atoms with Crippen LogP contribution in [0, 0.1) is 22.7 Å². The van der Waals surface area contributed by atoms with E-state index in [-0.39, 0.29) is 11.4 Å². The summed E-state index contributed by atoms with van der Waals surface area (Å²) in [5.74, 6) is 0. The Balaban J connectivity index is 1.36. The Hall–Kier alpha value is -5.78. The SMILES string of the molecule is N#Cc1nc2c(nc1C#N)-c1ccc(-c3cccc(-n4c5ccccc5c5ccccc54)c3)c3cccc-2c13. The average molecular weight is 496 g/mol. The number of nitrogens with zero attached hydrogens (tertiary/aromatic N) is 5. The Labute approximate surface area is 223 Å². The summed E-state index contributed by atoms with van der Waals surface area (Å²) in [5.41, 5.74) is 8.94. The fourth-order valence-corrected chi connectivity index (χ4v) is 6.03. The van der Waals surface area contributed by atoms with Crippen molar-refractivity contribution in [1.29, 1.82) is 10.5 Å². The number of para-hydroxylation sites is 2. The molecule has 0 atom stereocenters. The smallest absolute Gasteiger partial charge is 0.177 e.